The highest BCUT2D eigenvalue weighted by Crippen LogP contribution is 2.56. The Labute approximate surface area is 405 Å². The van der Waals surface area contributed by atoms with E-state index in [2.05, 4.69) is 201 Å². The highest BCUT2D eigenvalue weighted by Gasteiger charge is 2.35. The summed E-state index contributed by atoms with van der Waals surface area (Å²) in [5.41, 5.74) is 31.1. The van der Waals surface area contributed by atoms with Crippen LogP contribution in [-0.4, -0.2) is 15.0 Å². The van der Waals surface area contributed by atoms with E-state index in [1.54, 1.807) is 0 Å². The standard InChI is InChI=1S/C66H51N3/c1-4-16-43(17-5-1)58-37-34-49(40-67-58)52-28-10-22-46-25-13-31-55-64(61(46)52)56-32-14-26-47-23-11-29-53(50-35-38-59(68-41-50)44-18-6-2-7-19-44)62(47)66(56)57-33-15-27-48-24-12-30-54(63(48)65(55)57)51-36-39-60(69-42-51)45-20-8-3-9-21-45/h1-12,16-24,28-30,34-42H,13-15,25-27,31-33H2. The Morgan fingerprint density at radius 1 is 0.232 bits per heavy atom. The van der Waals surface area contributed by atoms with Crippen molar-refractivity contribution in [2.45, 2.75) is 57.8 Å². The summed E-state index contributed by atoms with van der Waals surface area (Å²) in [6.45, 7) is 0. The maximum Gasteiger partial charge on any atom is 0.0702 e. The number of aromatic nitrogens is 3. The summed E-state index contributed by atoms with van der Waals surface area (Å²) in [5.74, 6) is 0. The molecular weight excluding hydrogens is 835 g/mol. The molecular formula is C66H51N3. The first kappa shape index (κ1) is 41.2. The van der Waals surface area contributed by atoms with Crippen LogP contribution in [0, 0.1) is 0 Å². The molecule has 0 spiro atoms. The van der Waals surface area contributed by atoms with E-state index in [0.717, 1.165) is 108 Å². The minimum Gasteiger partial charge on any atom is -0.256 e. The number of fused-ring (bicyclic) bond motifs is 12. The zero-order chi connectivity index (χ0) is 45.7. The van der Waals surface area contributed by atoms with Crippen molar-refractivity contribution in [1.29, 1.82) is 0 Å². The molecule has 3 heterocycles. The molecule has 7 aromatic carbocycles. The quantitative estimate of drug-likeness (QED) is 0.167. The van der Waals surface area contributed by atoms with Gasteiger partial charge in [-0.3, -0.25) is 15.0 Å². The first-order valence-electron chi connectivity index (χ1n) is 24.9. The predicted molar refractivity (Wildman–Crippen MR) is 285 cm³/mol. The zero-order valence-corrected chi connectivity index (χ0v) is 38.8. The maximum absolute atomic E-state index is 5.13. The van der Waals surface area contributed by atoms with E-state index in [-0.39, 0.29) is 0 Å². The van der Waals surface area contributed by atoms with Crippen molar-refractivity contribution in [3.63, 3.8) is 0 Å². The summed E-state index contributed by atoms with van der Waals surface area (Å²) < 4.78 is 0. The molecule has 0 bridgehead atoms. The van der Waals surface area contributed by atoms with Gasteiger partial charge in [0.05, 0.1) is 17.1 Å². The largest absolute Gasteiger partial charge is 0.256 e. The molecule has 3 nitrogen and oxygen atoms in total. The molecule has 0 fully saturated rings. The van der Waals surface area contributed by atoms with Gasteiger partial charge in [0, 0.05) is 52.0 Å². The van der Waals surface area contributed by atoms with Gasteiger partial charge in [0.2, 0.25) is 0 Å². The van der Waals surface area contributed by atoms with Crippen LogP contribution in [0.5, 0.6) is 0 Å². The van der Waals surface area contributed by atoms with Crippen molar-refractivity contribution < 1.29 is 0 Å². The van der Waals surface area contributed by atoms with E-state index < -0.39 is 0 Å². The average Bonchev–Trinajstić information content (AvgIpc) is 3.84. The number of benzene rings is 7. The third-order valence-corrected chi connectivity index (χ3v) is 15.1. The van der Waals surface area contributed by atoms with E-state index in [1.165, 1.54) is 83.5 Å². The molecule has 330 valence electrons. The minimum atomic E-state index is 0.992. The minimum absolute atomic E-state index is 0.992. The fourth-order valence-corrected chi connectivity index (χ4v) is 12.0. The third-order valence-electron chi connectivity index (χ3n) is 15.1. The number of hydrogen-bond acceptors (Lipinski definition) is 3. The van der Waals surface area contributed by atoms with Crippen molar-refractivity contribution in [3.05, 3.63) is 234 Å². The highest BCUT2D eigenvalue weighted by molar-refractivity contribution is 6.03. The number of hydrogen-bond donors (Lipinski definition) is 0. The molecule has 0 amide bonds. The zero-order valence-electron chi connectivity index (χ0n) is 38.8. The first-order valence-corrected chi connectivity index (χ1v) is 24.9. The molecule has 0 radical (unpaired) electrons. The predicted octanol–water partition coefficient (Wildman–Crippen LogP) is 16.3. The van der Waals surface area contributed by atoms with Crippen LogP contribution in [-0.2, 0) is 38.5 Å². The van der Waals surface area contributed by atoms with Gasteiger partial charge in [-0.15, -0.1) is 0 Å². The Hall–Kier alpha value is -8.01. The lowest BCUT2D eigenvalue weighted by Crippen LogP contribution is -2.08. The molecule has 69 heavy (non-hydrogen) atoms. The molecule has 3 aliphatic rings. The molecule has 3 aliphatic carbocycles. The Morgan fingerprint density at radius 3 is 0.812 bits per heavy atom. The second-order valence-electron chi connectivity index (χ2n) is 19.0. The summed E-state index contributed by atoms with van der Waals surface area (Å²) in [6.07, 6.45) is 15.7. The Morgan fingerprint density at radius 2 is 0.536 bits per heavy atom. The Kier molecular flexibility index (Phi) is 10.5. The van der Waals surface area contributed by atoms with Gasteiger partial charge >= 0.3 is 0 Å². The lowest BCUT2D eigenvalue weighted by molar-refractivity contribution is 0.817. The summed E-state index contributed by atoms with van der Waals surface area (Å²) >= 11 is 0. The van der Waals surface area contributed by atoms with Gasteiger partial charge < -0.3 is 0 Å². The van der Waals surface area contributed by atoms with Gasteiger partial charge in [0.15, 0.2) is 0 Å². The van der Waals surface area contributed by atoms with Crippen LogP contribution >= 0.6 is 0 Å². The second-order valence-corrected chi connectivity index (χ2v) is 19.0. The average molecular weight is 886 g/mol. The van der Waals surface area contributed by atoms with Gasteiger partial charge in [-0.1, -0.05) is 164 Å². The summed E-state index contributed by atoms with van der Waals surface area (Å²) in [7, 11) is 0. The number of pyridine rings is 3. The van der Waals surface area contributed by atoms with E-state index in [9.17, 15) is 0 Å². The number of rotatable bonds is 6. The van der Waals surface area contributed by atoms with Crippen molar-refractivity contribution >= 4 is 0 Å². The van der Waals surface area contributed by atoms with Gasteiger partial charge in [0.1, 0.15) is 0 Å². The lowest BCUT2D eigenvalue weighted by Gasteiger charge is -2.29. The maximum atomic E-state index is 5.13. The molecule has 3 heteroatoms. The fraction of sp³-hybridized carbons (Fsp3) is 0.136. The van der Waals surface area contributed by atoms with E-state index in [0.29, 0.717) is 0 Å². The normalized spacial score (nSPS) is 13.6. The number of aryl methyl sites for hydroxylation is 3. The summed E-state index contributed by atoms with van der Waals surface area (Å²) in [4.78, 5) is 15.4. The van der Waals surface area contributed by atoms with E-state index in [4.69, 9.17) is 15.0 Å². The smallest absolute Gasteiger partial charge is 0.0702 e. The fourth-order valence-electron chi connectivity index (χ4n) is 12.0. The van der Waals surface area contributed by atoms with Crippen LogP contribution in [0.1, 0.15) is 52.6 Å². The van der Waals surface area contributed by atoms with Gasteiger partial charge in [-0.2, -0.15) is 0 Å². The highest BCUT2D eigenvalue weighted by atomic mass is 14.7. The molecule has 0 unspecified atom stereocenters. The molecule has 3 aromatic heterocycles. The van der Waals surface area contributed by atoms with Crippen LogP contribution < -0.4 is 0 Å². The van der Waals surface area contributed by atoms with Crippen molar-refractivity contribution in [1.82, 2.24) is 15.0 Å². The molecule has 0 atom stereocenters. The van der Waals surface area contributed by atoms with Crippen LogP contribution in [0.3, 0.4) is 0 Å². The van der Waals surface area contributed by atoms with Crippen LogP contribution in [0.25, 0.3) is 101 Å². The Balaban J connectivity index is 1.10. The third kappa shape index (κ3) is 7.32. The number of nitrogens with zero attached hydrogens (tertiary/aromatic N) is 3. The molecule has 10 aromatic rings. The summed E-state index contributed by atoms with van der Waals surface area (Å²) in [6, 6.07) is 66.3. The van der Waals surface area contributed by atoms with Gasteiger partial charge in [-0.05, 0) is 159 Å². The lowest BCUT2D eigenvalue weighted by atomic mass is 9.74. The second kappa shape index (κ2) is 17.6. The van der Waals surface area contributed by atoms with Gasteiger partial charge in [0.25, 0.3) is 0 Å². The Bertz CT molecular complexity index is 3120. The van der Waals surface area contributed by atoms with E-state index in [1.807, 2.05) is 0 Å². The first-order chi connectivity index (χ1) is 34.2. The van der Waals surface area contributed by atoms with Crippen molar-refractivity contribution in [3.8, 4) is 101 Å². The molecule has 0 aliphatic heterocycles. The van der Waals surface area contributed by atoms with E-state index >= 15 is 0 Å². The topological polar surface area (TPSA) is 38.7 Å². The SMILES string of the molecule is c1ccc(-c2ccc(-c3cccc4c3-c3c(c5c(c6c3CCCc3cccc(-c7ccc(-c8ccccc8)nc7)c3-6)CCCc3cccc(-c6ccc(-c7ccccc7)nc6)c3-5)CCC4)cn2)cc1. The van der Waals surface area contributed by atoms with Gasteiger partial charge in [-0.25, -0.2) is 0 Å². The van der Waals surface area contributed by atoms with Crippen LogP contribution in [0.2, 0.25) is 0 Å². The van der Waals surface area contributed by atoms with Crippen molar-refractivity contribution in [2.24, 2.45) is 0 Å². The summed E-state index contributed by atoms with van der Waals surface area (Å²) in [5, 5.41) is 0. The molecule has 0 saturated heterocycles. The molecule has 13 rings (SSSR count). The monoisotopic (exact) mass is 885 g/mol. The van der Waals surface area contributed by atoms with Crippen LogP contribution in [0.15, 0.2) is 201 Å². The molecule has 0 saturated carbocycles. The molecule has 0 N–H and O–H groups in total. The van der Waals surface area contributed by atoms with Crippen molar-refractivity contribution in [2.75, 3.05) is 0 Å². The van der Waals surface area contributed by atoms with Crippen LogP contribution in [0.4, 0.5) is 0 Å².